The van der Waals surface area contributed by atoms with Gasteiger partial charge in [0, 0.05) is 23.4 Å². The molecule has 2 heterocycles. The van der Waals surface area contributed by atoms with Crippen LogP contribution >= 0.6 is 11.3 Å². The Hall–Kier alpha value is -1.87. The molecule has 3 aromatic rings. The molecule has 2 aromatic heterocycles. The number of rotatable bonds is 2. The average Bonchev–Trinajstić information content (AvgIpc) is 2.87. The zero-order chi connectivity index (χ0) is 12.8. The third kappa shape index (κ3) is 1.65. The maximum atomic E-state index is 12.3. The van der Waals surface area contributed by atoms with E-state index in [1.54, 1.807) is 11.3 Å². The van der Waals surface area contributed by atoms with Crippen LogP contribution in [0.25, 0.3) is 10.1 Å². The quantitative estimate of drug-likeness (QED) is 0.697. The summed E-state index contributed by atoms with van der Waals surface area (Å²) in [5, 5.41) is 2.83. The maximum Gasteiger partial charge on any atom is 0.259 e. The van der Waals surface area contributed by atoms with E-state index in [2.05, 4.69) is 24.3 Å². The minimum Gasteiger partial charge on any atom is -0.314 e. The summed E-state index contributed by atoms with van der Waals surface area (Å²) in [5.41, 5.74) is 2.97. The van der Waals surface area contributed by atoms with Gasteiger partial charge in [0.25, 0.3) is 5.56 Å². The van der Waals surface area contributed by atoms with Crippen LogP contribution < -0.4 is 5.56 Å². The summed E-state index contributed by atoms with van der Waals surface area (Å²) in [6, 6.07) is 12.5. The van der Waals surface area contributed by atoms with Gasteiger partial charge in [-0.25, -0.2) is 0 Å². The van der Waals surface area contributed by atoms with Gasteiger partial charge in [0.15, 0.2) is 0 Å². The number of pyridine rings is 1. The second kappa shape index (κ2) is 4.07. The minimum absolute atomic E-state index is 0.142. The van der Waals surface area contributed by atoms with Crippen molar-refractivity contribution in [2.75, 3.05) is 0 Å². The molecule has 0 N–H and O–H groups in total. The molecule has 1 atom stereocenters. The summed E-state index contributed by atoms with van der Waals surface area (Å²) in [7, 11) is 0. The summed E-state index contributed by atoms with van der Waals surface area (Å²) in [6.45, 7) is 0.793. The van der Waals surface area contributed by atoms with E-state index in [0.717, 1.165) is 23.1 Å². The van der Waals surface area contributed by atoms with Gasteiger partial charge in [0.1, 0.15) is 0 Å². The summed E-state index contributed by atoms with van der Waals surface area (Å²) in [4.78, 5) is 12.3. The van der Waals surface area contributed by atoms with Crippen LogP contribution in [0.3, 0.4) is 0 Å². The van der Waals surface area contributed by atoms with Gasteiger partial charge in [-0.2, -0.15) is 0 Å². The Bertz CT molecular complexity index is 815. The fourth-order valence-corrected chi connectivity index (χ4v) is 3.69. The number of aromatic nitrogens is 1. The van der Waals surface area contributed by atoms with E-state index in [1.807, 2.05) is 28.3 Å². The average molecular weight is 267 g/mol. The summed E-state index contributed by atoms with van der Waals surface area (Å²) in [5.74, 6) is 0.491. The van der Waals surface area contributed by atoms with Crippen molar-refractivity contribution < 1.29 is 0 Å². The predicted molar refractivity (Wildman–Crippen MR) is 79.0 cm³/mol. The second-order valence-corrected chi connectivity index (χ2v) is 6.02. The van der Waals surface area contributed by atoms with E-state index in [4.69, 9.17) is 0 Å². The molecule has 1 aliphatic rings. The van der Waals surface area contributed by atoms with Gasteiger partial charge in [-0.15, -0.1) is 11.3 Å². The molecule has 0 aliphatic heterocycles. The first-order chi connectivity index (χ1) is 9.33. The number of hydrogen-bond acceptors (Lipinski definition) is 2. The van der Waals surface area contributed by atoms with Crippen LogP contribution in [-0.4, -0.2) is 4.57 Å². The first kappa shape index (κ1) is 11.0. The van der Waals surface area contributed by atoms with Gasteiger partial charge in [-0.3, -0.25) is 4.79 Å². The van der Waals surface area contributed by atoms with Crippen molar-refractivity contribution >= 4 is 21.4 Å². The van der Waals surface area contributed by atoms with Gasteiger partial charge < -0.3 is 4.57 Å². The van der Waals surface area contributed by atoms with Crippen LogP contribution in [0.15, 0.2) is 52.8 Å². The van der Waals surface area contributed by atoms with Gasteiger partial charge in [0.05, 0.1) is 5.39 Å². The zero-order valence-electron chi connectivity index (χ0n) is 10.4. The first-order valence-corrected chi connectivity index (χ1v) is 7.35. The molecular weight excluding hydrogens is 254 g/mol. The molecule has 1 unspecified atom stereocenters. The van der Waals surface area contributed by atoms with E-state index in [1.165, 1.54) is 11.1 Å². The fraction of sp³-hybridized carbons (Fsp3) is 0.188. The molecule has 0 fully saturated rings. The molecule has 0 spiro atoms. The van der Waals surface area contributed by atoms with Crippen molar-refractivity contribution in [2.24, 2.45) is 0 Å². The smallest absolute Gasteiger partial charge is 0.259 e. The first-order valence-electron chi connectivity index (χ1n) is 6.47. The topological polar surface area (TPSA) is 22.0 Å². The molecule has 1 aromatic carbocycles. The Balaban J connectivity index is 1.70. The van der Waals surface area contributed by atoms with Crippen molar-refractivity contribution in [1.29, 1.82) is 0 Å². The maximum absolute atomic E-state index is 12.3. The Kier molecular flexibility index (Phi) is 2.35. The molecule has 2 nitrogen and oxygen atoms in total. The minimum atomic E-state index is 0.142. The number of nitrogens with zero attached hydrogens (tertiary/aromatic N) is 1. The Labute approximate surface area is 114 Å². The van der Waals surface area contributed by atoms with Crippen molar-refractivity contribution in [3.8, 4) is 0 Å². The van der Waals surface area contributed by atoms with Crippen LogP contribution in [0.1, 0.15) is 17.0 Å². The monoisotopic (exact) mass is 267 g/mol. The predicted octanol–water partition coefficient (Wildman–Crippen LogP) is 3.40. The number of fused-ring (bicyclic) bond motifs is 2. The lowest BCUT2D eigenvalue weighted by atomic mass is 9.77. The largest absolute Gasteiger partial charge is 0.314 e. The summed E-state index contributed by atoms with van der Waals surface area (Å²) >= 11 is 1.62. The fourth-order valence-electron chi connectivity index (χ4n) is 2.91. The SMILES string of the molecule is O=c1c2ccsc2ccn1CC1Cc2ccccc21. The standard InChI is InChI=1S/C16H13NOS/c18-16-14-6-8-19-15(14)5-7-17(16)10-12-9-11-3-1-2-4-13(11)12/h1-8,12H,9-10H2. The van der Waals surface area contributed by atoms with Gasteiger partial charge in [-0.1, -0.05) is 24.3 Å². The van der Waals surface area contributed by atoms with Crippen LogP contribution in [0.2, 0.25) is 0 Å². The molecule has 0 saturated heterocycles. The highest BCUT2D eigenvalue weighted by molar-refractivity contribution is 7.17. The van der Waals surface area contributed by atoms with Gasteiger partial charge in [-0.05, 0) is 35.1 Å². The summed E-state index contributed by atoms with van der Waals surface area (Å²) in [6.07, 6.45) is 3.02. The molecular formula is C16H13NOS. The van der Waals surface area contributed by atoms with E-state index in [0.29, 0.717) is 5.92 Å². The third-order valence-electron chi connectivity index (χ3n) is 3.97. The van der Waals surface area contributed by atoms with Gasteiger partial charge >= 0.3 is 0 Å². The van der Waals surface area contributed by atoms with Crippen molar-refractivity contribution in [2.45, 2.75) is 18.9 Å². The Morgan fingerprint density at radius 3 is 3.00 bits per heavy atom. The Morgan fingerprint density at radius 2 is 2.11 bits per heavy atom. The highest BCUT2D eigenvalue weighted by Crippen LogP contribution is 2.35. The normalized spacial score (nSPS) is 17.2. The number of benzene rings is 1. The lowest BCUT2D eigenvalue weighted by Crippen LogP contribution is -2.27. The second-order valence-electron chi connectivity index (χ2n) is 5.07. The van der Waals surface area contributed by atoms with E-state index < -0.39 is 0 Å². The molecule has 1 aliphatic carbocycles. The van der Waals surface area contributed by atoms with Crippen molar-refractivity contribution in [3.05, 3.63) is 69.5 Å². The van der Waals surface area contributed by atoms with Crippen LogP contribution in [-0.2, 0) is 13.0 Å². The Morgan fingerprint density at radius 1 is 1.21 bits per heavy atom. The molecule has 0 saturated carbocycles. The number of hydrogen-bond donors (Lipinski definition) is 0. The molecule has 0 amide bonds. The molecule has 4 rings (SSSR count). The highest BCUT2D eigenvalue weighted by Gasteiger charge is 2.25. The van der Waals surface area contributed by atoms with E-state index >= 15 is 0 Å². The lowest BCUT2D eigenvalue weighted by Gasteiger charge is -2.30. The molecule has 94 valence electrons. The molecule has 0 bridgehead atoms. The summed E-state index contributed by atoms with van der Waals surface area (Å²) < 4.78 is 2.94. The van der Waals surface area contributed by atoms with Crippen LogP contribution in [0, 0.1) is 0 Å². The van der Waals surface area contributed by atoms with Crippen molar-refractivity contribution in [3.63, 3.8) is 0 Å². The lowest BCUT2D eigenvalue weighted by molar-refractivity contribution is 0.501. The molecule has 3 heteroatoms. The van der Waals surface area contributed by atoms with Crippen LogP contribution in [0.5, 0.6) is 0 Å². The van der Waals surface area contributed by atoms with E-state index in [9.17, 15) is 4.79 Å². The van der Waals surface area contributed by atoms with Crippen molar-refractivity contribution in [1.82, 2.24) is 4.57 Å². The van der Waals surface area contributed by atoms with Crippen LogP contribution in [0.4, 0.5) is 0 Å². The zero-order valence-corrected chi connectivity index (χ0v) is 11.2. The van der Waals surface area contributed by atoms with E-state index in [-0.39, 0.29) is 5.56 Å². The molecule has 19 heavy (non-hydrogen) atoms. The number of thiophene rings is 1. The molecule has 0 radical (unpaired) electrons. The highest BCUT2D eigenvalue weighted by atomic mass is 32.1. The van der Waals surface area contributed by atoms with Gasteiger partial charge in [0.2, 0.25) is 0 Å². The third-order valence-corrected chi connectivity index (χ3v) is 4.85.